The van der Waals surface area contributed by atoms with Crippen LogP contribution in [0.4, 0.5) is 5.82 Å². The maximum atomic E-state index is 10.2. The summed E-state index contributed by atoms with van der Waals surface area (Å²) < 4.78 is 0. The predicted molar refractivity (Wildman–Crippen MR) is 69.1 cm³/mol. The Morgan fingerprint density at radius 1 is 1.29 bits per heavy atom. The molecule has 0 saturated heterocycles. The molecule has 3 rings (SSSR count). The summed E-state index contributed by atoms with van der Waals surface area (Å²) in [5, 5.41) is 14.1. The van der Waals surface area contributed by atoms with Crippen LogP contribution in [-0.4, -0.2) is 26.0 Å². The van der Waals surface area contributed by atoms with E-state index in [4.69, 9.17) is 0 Å². The molecule has 1 aromatic heterocycles. The summed E-state index contributed by atoms with van der Waals surface area (Å²) >= 11 is 1.55. The standard InChI is InChI=1S/C12H13N3OS/c1-7-12(2,16)15-10-11(17-7)14-9-6-4-3-5-8(9)13-10/h3-7,16H,1-2H3,(H,13,15). The number of fused-ring (bicyclic) bond motifs is 2. The molecule has 2 unspecified atom stereocenters. The van der Waals surface area contributed by atoms with Crippen molar-refractivity contribution < 1.29 is 5.11 Å². The summed E-state index contributed by atoms with van der Waals surface area (Å²) in [6.07, 6.45) is 0. The Hall–Kier alpha value is -1.33. The first-order valence-electron chi connectivity index (χ1n) is 5.50. The lowest BCUT2D eigenvalue weighted by molar-refractivity contribution is 0.0896. The van der Waals surface area contributed by atoms with Crippen molar-refractivity contribution in [2.75, 3.05) is 5.32 Å². The number of para-hydroxylation sites is 2. The molecule has 0 saturated carbocycles. The van der Waals surface area contributed by atoms with Crippen molar-refractivity contribution in [1.82, 2.24) is 9.97 Å². The molecule has 0 fully saturated rings. The summed E-state index contributed by atoms with van der Waals surface area (Å²) in [5.41, 5.74) is 0.772. The van der Waals surface area contributed by atoms with Gasteiger partial charge in [0.1, 0.15) is 10.8 Å². The highest BCUT2D eigenvalue weighted by Crippen LogP contribution is 2.39. The Balaban J connectivity index is 2.17. The normalized spacial score (nSPS) is 27.6. The molecular weight excluding hydrogens is 234 g/mol. The number of thioether (sulfide) groups is 1. The van der Waals surface area contributed by atoms with Crippen molar-refractivity contribution in [2.45, 2.75) is 29.8 Å². The summed E-state index contributed by atoms with van der Waals surface area (Å²) in [5.74, 6) is 0.664. The van der Waals surface area contributed by atoms with Gasteiger partial charge in [-0.15, -0.1) is 0 Å². The van der Waals surface area contributed by atoms with Gasteiger partial charge in [0.2, 0.25) is 0 Å². The molecule has 1 aliphatic rings. The molecule has 0 spiro atoms. The monoisotopic (exact) mass is 247 g/mol. The fourth-order valence-electron chi connectivity index (χ4n) is 1.77. The van der Waals surface area contributed by atoms with Crippen molar-refractivity contribution >= 4 is 28.6 Å². The minimum atomic E-state index is -0.950. The van der Waals surface area contributed by atoms with Crippen LogP contribution < -0.4 is 5.32 Å². The fourth-order valence-corrected chi connectivity index (χ4v) is 2.75. The molecular formula is C12H13N3OS. The lowest BCUT2D eigenvalue weighted by Gasteiger charge is -2.35. The lowest BCUT2D eigenvalue weighted by atomic mass is 10.2. The van der Waals surface area contributed by atoms with E-state index in [1.807, 2.05) is 31.2 Å². The smallest absolute Gasteiger partial charge is 0.161 e. The van der Waals surface area contributed by atoms with Crippen molar-refractivity contribution in [1.29, 1.82) is 0 Å². The summed E-state index contributed by atoms with van der Waals surface area (Å²) in [4.78, 5) is 9.05. The summed E-state index contributed by atoms with van der Waals surface area (Å²) in [6.45, 7) is 3.72. The van der Waals surface area contributed by atoms with Crippen LogP contribution in [0.15, 0.2) is 29.3 Å². The van der Waals surface area contributed by atoms with E-state index in [9.17, 15) is 5.11 Å². The highest BCUT2D eigenvalue weighted by Gasteiger charge is 2.36. The molecule has 5 heteroatoms. The van der Waals surface area contributed by atoms with Crippen LogP contribution in [0.25, 0.3) is 11.0 Å². The van der Waals surface area contributed by atoms with Crippen LogP contribution >= 0.6 is 11.8 Å². The van der Waals surface area contributed by atoms with Gasteiger partial charge in [-0.2, -0.15) is 0 Å². The summed E-state index contributed by atoms with van der Waals surface area (Å²) in [6, 6.07) is 7.74. The highest BCUT2D eigenvalue weighted by atomic mass is 32.2. The Labute approximate surface area is 103 Å². The fraction of sp³-hybridized carbons (Fsp3) is 0.333. The average Bonchev–Trinajstić information content (AvgIpc) is 2.28. The topological polar surface area (TPSA) is 58.0 Å². The molecule has 2 N–H and O–H groups in total. The second kappa shape index (κ2) is 3.58. The van der Waals surface area contributed by atoms with Gasteiger partial charge < -0.3 is 10.4 Å². The Morgan fingerprint density at radius 2 is 1.94 bits per heavy atom. The molecule has 0 bridgehead atoms. The zero-order valence-corrected chi connectivity index (χ0v) is 10.5. The van der Waals surface area contributed by atoms with Crippen LogP contribution in [0.5, 0.6) is 0 Å². The van der Waals surface area contributed by atoms with Crippen molar-refractivity contribution in [3.05, 3.63) is 24.3 Å². The first-order valence-corrected chi connectivity index (χ1v) is 6.38. The second-order valence-electron chi connectivity index (χ2n) is 4.40. The van der Waals surface area contributed by atoms with Gasteiger partial charge >= 0.3 is 0 Å². The third kappa shape index (κ3) is 1.75. The molecule has 4 nitrogen and oxygen atoms in total. The molecule has 2 aromatic rings. The van der Waals surface area contributed by atoms with Gasteiger partial charge in [-0.3, -0.25) is 0 Å². The number of aromatic nitrogens is 2. The van der Waals surface area contributed by atoms with E-state index in [1.54, 1.807) is 18.7 Å². The van der Waals surface area contributed by atoms with Crippen LogP contribution in [0, 0.1) is 0 Å². The molecule has 88 valence electrons. The number of hydrogen-bond donors (Lipinski definition) is 2. The molecule has 0 aliphatic carbocycles. The number of hydrogen-bond acceptors (Lipinski definition) is 5. The third-order valence-corrected chi connectivity index (χ3v) is 4.31. The van der Waals surface area contributed by atoms with Crippen molar-refractivity contribution in [3.8, 4) is 0 Å². The number of nitrogens with one attached hydrogen (secondary N) is 1. The minimum absolute atomic E-state index is 0.0328. The number of anilines is 1. The third-order valence-electron chi connectivity index (χ3n) is 2.99. The molecule has 0 radical (unpaired) electrons. The maximum absolute atomic E-state index is 10.2. The van der Waals surface area contributed by atoms with Crippen LogP contribution in [0.2, 0.25) is 0 Å². The van der Waals surface area contributed by atoms with E-state index >= 15 is 0 Å². The van der Waals surface area contributed by atoms with Gasteiger partial charge in [-0.1, -0.05) is 23.9 Å². The number of nitrogens with zero attached hydrogens (tertiary/aromatic N) is 2. The van der Waals surface area contributed by atoms with Crippen LogP contribution in [0.1, 0.15) is 13.8 Å². The first kappa shape index (κ1) is 10.8. The zero-order chi connectivity index (χ0) is 12.0. The molecule has 0 amide bonds. The second-order valence-corrected chi connectivity index (χ2v) is 5.73. The summed E-state index contributed by atoms with van der Waals surface area (Å²) in [7, 11) is 0. The lowest BCUT2D eigenvalue weighted by Crippen LogP contribution is -2.46. The van der Waals surface area contributed by atoms with E-state index in [2.05, 4.69) is 15.3 Å². The van der Waals surface area contributed by atoms with Gasteiger partial charge in [0.15, 0.2) is 5.82 Å². The van der Waals surface area contributed by atoms with Crippen LogP contribution in [-0.2, 0) is 0 Å². The molecule has 17 heavy (non-hydrogen) atoms. The molecule has 2 atom stereocenters. The van der Waals surface area contributed by atoms with E-state index in [0.29, 0.717) is 5.82 Å². The van der Waals surface area contributed by atoms with Gasteiger partial charge in [-0.25, -0.2) is 9.97 Å². The van der Waals surface area contributed by atoms with Crippen LogP contribution in [0.3, 0.4) is 0 Å². The SMILES string of the molecule is CC1Sc2nc3ccccc3nc2NC1(C)O. The minimum Gasteiger partial charge on any atom is -0.370 e. The van der Waals surface area contributed by atoms with Gasteiger partial charge in [0.25, 0.3) is 0 Å². The first-order chi connectivity index (χ1) is 8.06. The van der Waals surface area contributed by atoms with E-state index in [1.165, 1.54) is 0 Å². The van der Waals surface area contributed by atoms with Crippen molar-refractivity contribution in [2.24, 2.45) is 0 Å². The number of benzene rings is 1. The van der Waals surface area contributed by atoms with E-state index < -0.39 is 5.72 Å². The molecule has 1 aromatic carbocycles. The predicted octanol–water partition coefficient (Wildman–Crippen LogP) is 2.24. The number of rotatable bonds is 0. The van der Waals surface area contributed by atoms with E-state index in [-0.39, 0.29) is 5.25 Å². The Kier molecular flexibility index (Phi) is 2.27. The number of aliphatic hydroxyl groups is 1. The Bertz CT molecular complexity index is 585. The van der Waals surface area contributed by atoms with Gasteiger partial charge in [-0.05, 0) is 26.0 Å². The Morgan fingerprint density at radius 3 is 2.65 bits per heavy atom. The zero-order valence-electron chi connectivity index (χ0n) is 9.64. The van der Waals surface area contributed by atoms with Gasteiger partial charge in [0.05, 0.1) is 16.3 Å². The maximum Gasteiger partial charge on any atom is 0.161 e. The van der Waals surface area contributed by atoms with Crippen molar-refractivity contribution in [3.63, 3.8) is 0 Å². The average molecular weight is 247 g/mol. The highest BCUT2D eigenvalue weighted by molar-refractivity contribution is 8.00. The largest absolute Gasteiger partial charge is 0.370 e. The molecule has 2 heterocycles. The van der Waals surface area contributed by atoms with E-state index in [0.717, 1.165) is 16.1 Å². The molecule has 1 aliphatic heterocycles. The van der Waals surface area contributed by atoms with Gasteiger partial charge in [0, 0.05) is 0 Å². The quantitative estimate of drug-likeness (QED) is 0.747.